The fourth-order valence-electron chi connectivity index (χ4n) is 4.03. The van der Waals surface area contributed by atoms with Crippen LogP contribution >= 0.6 is 0 Å². The predicted octanol–water partition coefficient (Wildman–Crippen LogP) is 4.86. The van der Waals surface area contributed by atoms with Gasteiger partial charge in [-0.15, -0.1) is 0 Å². The Hall–Kier alpha value is -0.160. The van der Waals surface area contributed by atoms with Gasteiger partial charge in [0.15, 0.2) is 5.79 Å². The van der Waals surface area contributed by atoms with E-state index in [1.54, 1.807) is 7.11 Å². The van der Waals surface area contributed by atoms with Crippen molar-refractivity contribution in [2.75, 3.05) is 40.0 Å². The van der Waals surface area contributed by atoms with E-state index in [-0.39, 0.29) is 11.9 Å². The molecule has 0 bridgehead atoms. The molecule has 0 aromatic rings. The second kappa shape index (κ2) is 13.1. The maximum Gasteiger partial charge on any atom is 0.168 e. The van der Waals surface area contributed by atoms with Crippen LogP contribution in [-0.4, -0.2) is 56.7 Å². The zero-order chi connectivity index (χ0) is 18.5. The minimum atomic E-state index is -0.239. The van der Waals surface area contributed by atoms with E-state index < -0.39 is 0 Å². The lowest BCUT2D eigenvalue weighted by molar-refractivity contribution is -0.193. The van der Waals surface area contributed by atoms with Gasteiger partial charge in [0.05, 0.1) is 19.3 Å². The van der Waals surface area contributed by atoms with Crippen molar-refractivity contribution in [3.8, 4) is 0 Å². The van der Waals surface area contributed by atoms with Crippen LogP contribution in [0.3, 0.4) is 0 Å². The molecule has 0 radical (unpaired) electrons. The standard InChI is InChI=1S/C19H37NO3.C2H6/c1-4-6-17-7-10-19(11-8-17)22-16-18(23-19)9-13-20(12-5-2)14-15-21-3;1-2/h17-18H,4-16H2,1-3H3;1-2H3. The highest BCUT2D eigenvalue weighted by Crippen LogP contribution is 2.41. The predicted molar refractivity (Wildman–Crippen MR) is 105 cm³/mol. The van der Waals surface area contributed by atoms with Crippen molar-refractivity contribution in [2.24, 2.45) is 5.92 Å². The molecular formula is C21H43NO3. The average molecular weight is 358 g/mol. The van der Waals surface area contributed by atoms with Gasteiger partial charge in [0.1, 0.15) is 0 Å². The third-order valence-corrected chi connectivity index (χ3v) is 5.40. The van der Waals surface area contributed by atoms with Gasteiger partial charge in [0.2, 0.25) is 0 Å². The van der Waals surface area contributed by atoms with E-state index in [2.05, 4.69) is 18.7 Å². The van der Waals surface area contributed by atoms with Gasteiger partial charge in [-0.25, -0.2) is 0 Å². The highest BCUT2D eigenvalue weighted by molar-refractivity contribution is 4.85. The topological polar surface area (TPSA) is 30.9 Å². The van der Waals surface area contributed by atoms with Crippen LogP contribution in [0.4, 0.5) is 0 Å². The number of hydrogen-bond donors (Lipinski definition) is 0. The van der Waals surface area contributed by atoms with Crippen molar-refractivity contribution >= 4 is 0 Å². The summed E-state index contributed by atoms with van der Waals surface area (Å²) in [6.07, 6.45) is 9.94. The average Bonchev–Trinajstić information content (AvgIpc) is 3.04. The maximum absolute atomic E-state index is 6.37. The molecule has 1 spiro atoms. The van der Waals surface area contributed by atoms with Crippen LogP contribution in [0.25, 0.3) is 0 Å². The van der Waals surface area contributed by atoms with E-state index in [0.717, 1.165) is 58.0 Å². The summed E-state index contributed by atoms with van der Waals surface area (Å²) >= 11 is 0. The Labute approximate surface area is 156 Å². The Bertz CT molecular complexity index is 316. The molecule has 1 aliphatic heterocycles. The number of hydrogen-bond acceptors (Lipinski definition) is 4. The summed E-state index contributed by atoms with van der Waals surface area (Å²) < 4.78 is 17.7. The van der Waals surface area contributed by atoms with Crippen LogP contribution in [0.2, 0.25) is 0 Å². The van der Waals surface area contributed by atoms with Gasteiger partial charge in [-0.2, -0.15) is 0 Å². The van der Waals surface area contributed by atoms with Gasteiger partial charge < -0.3 is 19.1 Å². The fraction of sp³-hybridized carbons (Fsp3) is 1.00. The lowest BCUT2D eigenvalue weighted by Gasteiger charge is -2.36. The van der Waals surface area contributed by atoms with Gasteiger partial charge in [0, 0.05) is 33.0 Å². The molecule has 2 fully saturated rings. The Balaban J connectivity index is 0.00000151. The third-order valence-electron chi connectivity index (χ3n) is 5.40. The van der Waals surface area contributed by atoms with Crippen molar-refractivity contribution in [2.45, 2.75) is 91.0 Å². The van der Waals surface area contributed by atoms with Crippen LogP contribution in [0.15, 0.2) is 0 Å². The molecular weight excluding hydrogens is 314 g/mol. The third kappa shape index (κ3) is 7.94. The van der Waals surface area contributed by atoms with Crippen molar-refractivity contribution < 1.29 is 14.2 Å². The maximum atomic E-state index is 6.37. The van der Waals surface area contributed by atoms with Crippen molar-refractivity contribution in [3.63, 3.8) is 0 Å². The molecule has 0 aromatic carbocycles. The Morgan fingerprint density at radius 2 is 1.72 bits per heavy atom. The minimum Gasteiger partial charge on any atom is -0.383 e. The molecule has 1 saturated carbocycles. The summed E-state index contributed by atoms with van der Waals surface area (Å²) in [7, 11) is 1.77. The van der Waals surface area contributed by atoms with E-state index in [0.29, 0.717) is 0 Å². The molecule has 1 heterocycles. The largest absolute Gasteiger partial charge is 0.383 e. The van der Waals surface area contributed by atoms with E-state index in [9.17, 15) is 0 Å². The molecule has 0 N–H and O–H groups in total. The zero-order valence-corrected chi connectivity index (χ0v) is 17.5. The monoisotopic (exact) mass is 357 g/mol. The zero-order valence-electron chi connectivity index (χ0n) is 17.5. The lowest BCUT2D eigenvalue weighted by atomic mass is 9.83. The molecule has 1 aliphatic carbocycles. The van der Waals surface area contributed by atoms with E-state index in [1.165, 1.54) is 32.1 Å². The summed E-state index contributed by atoms with van der Waals surface area (Å²) in [4.78, 5) is 2.48. The second-order valence-corrected chi connectivity index (χ2v) is 7.32. The summed E-state index contributed by atoms with van der Waals surface area (Å²) in [5.41, 5.74) is 0. The number of rotatable bonds is 10. The van der Waals surface area contributed by atoms with Crippen LogP contribution in [0, 0.1) is 5.92 Å². The molecule has 2 rings (SSSR count). The highest BCUT2D eigenvalue weighted by atomic mass is 16.7. The minimum absolute atomic E-state index is 0.239. The molecule has 1 saturated heterocycles. The van der Waals surface area contributed by atoms with E-state index in [1.807, 2.05) is 13.8 Å². The molecule has 1 unspecified atom stereocenters. The molecule has 4 nitrogen and oxygen atoms in total. The van der Waals surface area contributed by atoms with Gasteiger partial charge >= 0.3 is 0 Å². The van der Waals surface area contributed by atoms with Gasteiger partial charge in [-0.3, -0.25) is 0 Å². The molecule has 2 aliphatic rings. The Kier molecular flexibility index (Phi) is 12.0. The molecule has 1 atom stereocenters. The summed E-state index contributed by atoms with van der Waals surface area (Å²) in [5, 5.41) is 0. The van der Waals surface area contributed by atoms with Crippen LogP contribution in [0.1, 0.15) is 79.1 Å². The summed E-state index contributed by atoms with van der Waals surface area (Å²) in [6, 6.07) is 0. The SMILES string of the molecule is CC.CCCC1CCC2(CC1)OCC(CCN(CCC)CCOC)O2. The lowest BCUT2D eigenvalue weighted by Crippen LogP contribution is -2.36. The quantitative estimate of drug-likeness (QED) is 0.558. The fourth-order valence-corrected chi connectivity index (χ4v) is 4.03. The molecule has 150 valence electrons. The van der Waals surface area contributed by atoms with Crippen LogP contribution in [-0.2, 0) is 14.2 Å². The van der Waals surface area contributed by atoms with Gasteiger partial charge in [-0.1, -0.05) is 40.5 Å². The second-order valence-electron chi connectivity index (χ2n) is 7.32. The van der Waals surface area contributed by atoms with Crippen molar-refractivity contribution in [3.05, 3.63) is 0 Å². The van der Waals surface area contributed by atoms with Crippen molar-refractivity contribution in [1.29, 1.82) is 0 Å². The Morgan fingerprint density at radius 1 is 1.00 bits per heavy atom. The number of nitrogens with zero attached hydrogens (tertiary/aromatic N) is 1. The normalized spacial score (nSPS) is 29.0. The molecule has 25 heavy (non-hydrogen) atoms. The Morgan fingerprint density at radius 3 is 2.32 bits per heavy atom. The molecule has 0 amide bonds. The van der Waals surface area contributed by atoms with Crippen molar-refractivity contribution in [1.82, 2.24) is 4.90 Å². The van der Waals surface area contributed by atoms with E-state index in [4.69, 9.17) is 14.2 Å². The first kappa shape index (κ1) is 22.9. The molecule has 4 heteroatoms. The van der Waals surface area contributed by atoms with Crippen LogP contribution in [0.5, 0.6) is 0 Å². The highest BCUT2D eigenvalue weighted by Gasteiger charge is 2.43. The van der Waals surface area contributed by atoms with Crippen LogP contribution < -0.4 is 0 Å². The number of methoxy groups -OCH3 is 1. The summed E-state index contributed by atoms with van der Waals surface area (Å²) in [6.45, 7) is 13.4. The number of ether oxygens (including phenoxy) is 3. The first-order valence-corrected chi connectivity index (χ1v) is 10.7. The summed E-state index contributed by atoms with van der Waals surface area (Å²) in [5.74, 6) is 0.655. The first-order valence-electron chi connectivity index (χ1n) is 10.7. The smallest absolute Gasteiger partial charge is 0.168 e. The van der Waals surface area contributed by atoms with Gasteiger partial charge in [0.25, 0.3) is 0 Å². The van der Waals surface area contributed by atoms with Gasteiger partial charge in [-0.05, 0) is 38.1 Å². The van der Waals surface area contributed by atoms with E-state index >= 15 is 0 Å². The molecule has 0 aromatic heterocycles. The first-order chi connectivity index (χ1) is 12.2.